The number of aromatic nitrogens is 2. The monoisotopic (exact) mass is 207 g/mol. The van der Waals surface area contributed by atoms with Gasteiger partial charge in [-0.05, 0) is 12.0 Å². The number of hydrogen-bond acceptors (Lipinski definition) is 3. The zero-order chi connectivity index (χ0) is 10.7. The van der Waals surface area contributed by atoms with Gasteiger partial charge in [0.05, 0.1) is 13.3 Å². The summed E-state index contributed by atoms with van der Waals surface area (Å²) in [6, 6.07) is 0. The van der Waals surface area contributed by atoms with Gasteiger partial charge >= 0.3 is 0 Å². The van der Waals surface area contributed by atoms with Crippen LogP contribution in [0.5, 0.6) is 5.75 Å². The summed E-state index contributed by atoms with van der Waals surface area (Å²) >= 11 is 0. The molecule has 0 atom stereocenters. The summed E-state index contributed by atoms with van der Waals surface area (Å²) < 4.78 is 7.36. The normalized spacial score (nSPS) is 15.5. The van der Waals surface area contributed by atoms with Crippen molar-refractivity contribution in [3.8, 4) is 5.75 Å². The molecule has 82 valence electrons. The molecule has 0 saturated carbocycles. The molecule has 0 amide bonds. The van der Waals surface area contributed by atoms with Crippen molar-refractivity contribution in [3.05, 3.63) is 18.0 Å². The lowest BCUT2D eigenvalue weighted by Gasteiger charge is -2.08. The Bertz CT molecular complexity index is 368. The average Bonchev–Trinajstić information content (AvgIpc) is 2.85. The van der Waals surface area contributed by atoms with Gasteiger partial charge in [-0.2, -0.15) is 5.10 Å². The van der Waals surface area contributed by atoms with E-state index in [2.05, 4.69) is 23.4 Å². The molecule has 0 radical (unpaired) electrons. The minimum atomic E-state index is 0.874. The largest absolute Gasteiger partial charge is 0.493 e. The van der Waals surface area contributed by atoms with E-state index in [4.69, 9.17) is 4.74 Å². The lowest BCUT2D eigenvalue weighted by Crippen LogP contribution is -2.10. The molecule has 1 aromatic rings. The summed E-state index contributed by atoms with van der Waals surface area (Å²) in [6.07, 6.45) is 5.08. The van der Waals surface area contributed by atoms with Gasteiger partial charge in [0.2, 0.25) is 0 Å². The Hall–Kier alpha value is -1.29. The van der Waals surface area contributed by atoms with Crippen LogP contribution in [-0.4, -0.2) is 30.0 Å². The number of hydrogen-bond donors (Lipinski definition) is 1. The topological polar surface area (TPSA) is 39.1 Å². The molecule has 2 rings (SSSR count). The standard InChI is InChI=1S/C11H17N3O/c1-3-6-14-11(9-4-5-12-7-9)10(15-2)8-13-14/h4,8,12H,3,5-7H2,1-2H3. The van der Waals surface area contributed by atoms with E-state index in [0.29, 0.717) is 0 Å². The first kappa shape index (κ1) is 10.2. The highest BCUT2D eigenvalue weighted by atomic mass is 16.5. The number of rotatable bonds is 4. The van der Waals surface area contributed by atoms with Gasteiger partial charge in [-0.1, -0.05) is 13.0 Å². The summed E-state index contributed by atoms with van der Waals surface area (Å²) in [5, 5.41) is 7.64. The van der Waals surface area contributed by atoms with E-state index in [-0.39, 0.29) is 0 Å². The van der Waals surface area contributed by atoms with Crippen LogP contribution in [0.25, 0.3) is 5.57 Å². The molecular weight excluding hydrogens is 190 g/mol. The Morgan fingerprint density at radius 3 is 3.07 bits per heavy atom. The van der Waals surface area contributed by atoms with Crippen LogP contribution in [0.1, 0.15) is 19.0 Å². The van der Waals surface area contributed by atoms with Gasteiger partial charge in [0.1, 0.15) is 5.69 Å². The van der Waals surface area contributed by atoms with E-state index in [1.807, 2.05) is 4.68 Å². The fourth-order valence-corrected chi connectivity index (χ4v) is 1.88. The van der Waals surface area contributed by atoms with Crippen molar-refractivity contribution in [2.75, 3.05) is 20.2 Å². The van der Waals surface area contributed by atoms with E-state index < -0.39 is 0 Å². The lowest BCUT2D eigenvalue weighted by atomic mass is 10.2. The fraction of sp³-hybridized carbons (Fsp3) is 0.545. The van der Waals surface area contributed by atoms with Crippen LogP contribution in [0.3, 0.4) is 0 Å². The van der Waals surface area contributed by atoms with Gasteiger partial charge in [-0.3, -0.25) is 4.68 Å². The summed E-state index contributed by atoms with van der Waals surface area (Å²) in [4.78, 5) is 0. The minimum Gasteiger partial charge on any atom is -0.493 e. The second-order valence-electron chi connectivity index (χ2n) is 3.64. The molecular formula is C11H17N3O. The summed E-state index contributed by atoms with van der Waals surface area (Å²) in [6.45, 7) is 4.94. The molecule has 15 heavy (non-hydrogen) atoms. The van der Waals surface area contributed by atoms with E-state index in [9.17, 15) is 0 Å². The molecule has 0 spiro atoms. The number of methoxy groups -OCH3 is 1. The summed E-state index contributed by atoms with van der Waals surface area (Å²) in [5.74, 6) is 0.874. The Kier molecular flexibility index (Phi) is 3.06. The van der Waals surface area contributed by atoms with Crippen molar-refractivity contribution in [1.82, 2.24) is 15.1 Å². The van der Waals surface area contributed by atoms with Crippen LogP contribution in [0, 0.1) is 0 Å². The van der Waals surface area contributed by atoms with Gasteiger partial charge in [-0.15, -0.1) is 0 Å². The molecule has 1 N–H and O–H groups in total. The maximum Gasteiger partial charge on any atom is 0.164 e. The second kappa shape index (κ2) is 4.49. The molecule has 0 bridgehead atoms. The number of aryl methyl sites for hydroxylation is 1. The maximum absolute atomic E-state index is 5.33. The minimum absolute atomic E-state index is 0.874. The molecule has 1 aliphatic heterocycles. The van der Waals surface area contributed by atoms with Crippen LogP contribution in [0.4, 0.5) is 0 Å². The van der Waals surface area contributed by atoms with Crippen LogP contribution in [0.15, 0.2) is 12.3 Å². The van der Waals surface area contributed by atoms with Gasteiger partial charge in [0.25, 0.3) is 0 Å². The Morgan fingerprint density at radius 1 is 1.60 bits per heavy atom. The van der Waals surface area contributed by atoms with Crippen molar-refractivity contribution in [1.29, 1.82) is 0 Å². The van der Waals surface area contributed by atoms with E-state index in [1.165, 1.54) is 5.57 Å². The molecule has 1 aliphatic rings. The van der Waals surface area contributed by atoms with Crippen molar-refractivity contribution >= 4 is 5.57 Å². The highest BCUT2D eigenvalue weighted by Crippen LogP contribution is 2.26. The Labute approximate surface area is 89.9 Å². The number of ether oxygens (including phenoxy) is 1. The van der Waals surface area contributed by atoms with E-state index in [1.54, 1.807) is 13.3 Å². The number of nitrogens with one attached hydrogen (secondary N) is 1. The molecule has 0 unspecified atom stereocenters. The van der Waals surface area contributed by atoms with Crippen molar-refractivity contribution < 1.29 is 4.74 Å². The van der Waals surface area contributed by atoms with Gasteiger partial charge in [-0.25, -0.2) is 0 Å². The third-order valence-electron chi connectivity index (χ3n) is 2.57. The zero-order valence-electron chi connectivity index (χ0n) is 9.29. The first-order valence-electron chi connectivity index (χ1n) is 5.36. The Balaban J connectivity index is 2.35. The van der Waals surface area contributed by atoms with Crippen LogP contribution in [-0.2, 0) is 6.54 Å². The molecule has 0 saturated heterocycles. The first-order valence-corrected chi connectivity index (χ1v) is 5.36. The lowest BCUT2D eigenvalue weighted by molar-refractivity contribution is 0.412. The van der Waals surface area contributed by atoms with Crippen molar-refractivity contribution in [2.24, 2.45) is 0 Å². The fourth-order valence-electron chi connectivity index (χ4n) is 1.88. The quantitative estimate of drug-likeness (QED) is 0.808. The summed E-state index contributed by atoms with van der Waals surface area (Å²) in [5.41, 5.74) is 2.42. The third kappa shape index (κ3) is 1.90. The SMILES string of the molecule is CCCn1ncc(OC)c1C1=CCNC1. The molecule has 4 nitrogen and oxygen atoms in total. The predicted molar refractivity (Wildman–Crippen MR) is 59.9 cm³/mol. The van der Waals surface area contributed by atoms with E-state index in [0.717, 1.165) is 37.5 Å². The van der Waals surface area contributed by atoms with Gasteiger partial charge < -0.3 is 10.1 Å². The van der Waals surface area contributed by atoms with Gasteiger partial charge in [0, 0.05) is 19.6 Å². The molecule has 1 aromatic heterocycles. The van der Waals surface area contributed by atoms with E-state index >= 15 is 0 Å². The van der Waals surface area contributed by atoms with Crippen molar-refractivity contribution in [3.63, 3.8) is 0 Å². The molecule has 0 fully saturated rings. The molecule has 4 heteroatoms. The predicted octanol–water partition coefficient (Wildman–Crippen LogP) is 1.29. The Morgan fingerprint density at radius 2 is 2.47 bits per heavy atom. The average molecular weight is 207 g/mol. The van der Waals surface area contributed by atoms with Crippen LogP contribution >= 0.6 is 0 Å². The maximum atomic E-state index is 5.33. The first-order chi connectivity index (χ1) is 7.36. The second-order valence-corrected chi connectivity index (χ2v) is 3.64. The molecule has 0 aromatic carbocycles. The zero-order valence-corrected chi connectivity index (χ0v) is 9.29. The molecule has 0 aliphatic carbocycles. The van der Waals surface area contributed by atoms with Crippen LogP contribution < -0.4 is 10.1 Å². The highest BCUT2D eigenvalue weighted by Gasteiger charge is 2.17. The third-order valence-corrected chi connectivity index (χ3v) is 2.57. The molecule has 2 heterocycles. The van der Waals surface area contributed by atoms with Gasteiger partial charge in [0.15, 0.2) is 5.75 Å². The smallest absolute Gasteiger partial charge is 0.164 e. The van der Waals surface area contributed by atoms with Crippen molar-refractivity contribution in [2.45, 2.75) is 19.9 Å². The highest BCUT2D eigenvalue weighted by molar-refractivity contribution is 5.70. The van der Waals surface area contributed by atoms with Crippen LogP contribution in [0.2, 0.25) is 0 Å². The summed E-state index contributed by atoms with van der Waals surface area (Å²) in [7, 11) is 1.69. The number of nitrogens with zero attached hydrogens (tertiary/aromatic N) is 2.